The molecule has 1 unspecified atom stereocenters. The van der Waals surface area contributed by atoms with Crippen molar-refractivity contribution in [1.29, 1.82) is 0 Å². The number of hydrogen-bond acceptors (Lipinski definition) is 1. The Balaban J connectivity index is 4.13. The topological polar surface area (TPSA) is 20.3 Å². The van der Waals surface area contributed by atoms with E-state index in [9.17, 15) is 4.79 Å². The van der Waals surface area contributed by atoms with Crippen LogP contribution in [0.5, 0.6) is 0 Å². The first-order valence-electron chi connectivity index (χ1n) is 4.37. The van der Waals surface area contributed by atoms with Crippen LogP contribution in [-0.2, 0) is 4.79 Å². The summed E-state index contributed by atoms with van der Waals surface area (Å²) in [6, 6.07) is 0. The second kappa shape index (κ2) is 6.89. The van der Waals surface area contributed by atoms with Crippen LogP contribution in [0.15, 0.2) is 24.9 Å². The van der Waals surface area contributed by atoms with Gasteiger partial charge in [0.2, 0.25) is 5.91 Å². The highest BCUT2D eigenvalue weighted by Crippen LogP contribution is 2.00. The Morgan fingerprint density at radius 3 is 2.69 bits per heavy atom. The maximum absolute atomic E-state index is 11.4. The van der Waals surface area contributed by atoms with Gasteiger partial charge in [0.05, 0.1) is 0 Å². The first-order valence-corrected chi connectivity index (χ1v) is 5.28. The predicted octanol–water partition coefficient (Wildman–Crippen LogP) is 2.71. The fraction of sp³-hybridized carbons (Fsp3) is 0.500. The third kappa shape index (κ3) is 5.64. The van der Waals surface area contributed by atoms with Crippen LogP contribution in [0.3, 0.4) is 0 Å². The zero-order valence-electron chi connectivity index (χ0n) is 8.16. The summed E-state index contributed by atoms with van der Waals surface area (Å²) in [5, 5.41) is 0. The minimum Gasteiger partial charge on any atom is -0.316 e. The van der Waals surface area contributed by atoms with Gasteiger partial charge in [0.25, 0.3) is 0 Å². The molecule has 0 spiro atoms. The molecule has 13 heavy (non-hydrogen) atoms. The number of rotatable bonds is 5. The fourth-order valence-corrected chi connectivity index (χ4v) is 0.996. The van der Waals surface area contributed by atoms with Crippen molar-refractivity contribution in [3.8, 4) is 0 Å². The molecule has 0 aromatic carbocycles. The summed E-state index contributed by atoms with van der Waals surface area (Å²) in [4.78, 5) is 13.2. The van der Waals surface area contributed by atoms with Crippen LogP contribution in [0.25, 0.3) is 0 Å². The van der Waals surface area contributed by atoms with Gasteiger partial charge in [-0.15, -0.1) is 0 Å². The highest BCUT2D eigenvalue weighted by atomic mass is 79.9. The van der Waals surface area contributed by atoms with E-state index in [1.54, 1.807) is 17.2 Å². The fourth-order valence-electron chi connectivity index (χ4n) is 0.843. The van der Waals surface area contributed by atoms with Crippen LogP contribution in [-0.4, -0.2) is 22.2 Å². The van der Waals surface area contributed by atoms with Crippen molar-refractivity contribution in [2.75, 3.05) is 6.54 Å². The Hall–Kier alpha value is -0.570. The van der Waals surface area contributed by atoms with Gasteiger partial charge >= 0.3 is 0 Å². The molecule has 0 N–H and O–H groups in total. The molecular formula is C10H16BrNO. The lowest BCUT2D eigenvalue weighted by Gasteiger charge is -2.14. The van der Waals surface area contributed by atoms with Crippen molar-refractivity contribution < 1.29 is 4.79 Å². The standard InChI is InChI=1S/C10H16BrNO/c1-4-8-12(5-2)10(13)7-6-9(3)11/h5-7,9H,2,4,8H2,1,3H3/b7-6-. The van der Waals surface area contributed by atoms with Crippen molar-refractivity contribution in [3.63, 3.8) is 0 Å². The number of hydrogen-bond donors (Lipinski definition) is 0. The quantitative estimate of drug-likeness (QED) is 0.539. The minimum absolute atomic E-state index is 0.0110. The maximum Gasteiger partial charge on any atom is 0.250 e. The average molecular weight is 246 g/mol. The van der Waals surface area contributed by atoms with Crippen LogP contribution < -0.4 is 0 Å². The predicted molar refractivity (Wildman–Crippen MR) is 59.7 cm³/mol. The molecule has 74 valence electrons. The molecule has 2 nitrogen and oxygen atoms in total. The molecule has 0 aliphatic heterocycles. The van der Waals surface area contributed by atoms with Gasteiger partial charge < -0.3 is 4.90 Å². The largest absolute Gasteiger partial charge is 0.316 e. The first kappa shape index (κ1) is 12.4. The molecule has 0 fully saturated rings. The highest BCUT2D eigenvalue weighted by Gasteiger charge is 2.04. The van der Waals surface area contributed by atoms with Crippen molar-refractivity contribution in [3.05, 3.63) is 24.9 Å². The van der Waals surface area contributed by atoms with Crippen LogP contribution in [0.2, 0.25) is 0 Å². The Bertz CT molecular complexity index is 199. The second-order valence-electron chi connectivity index (χ2n) is 2.75. The monoisotopic (exact) mass is 245 g/mol. The highest BCUT2D eigenvalue weighted by molar-refractivity contribution is 9.09. The lowest BCUT2D eigenvalue weighted by atomic mass is 10.3. The van der Waals surface area contributed by atoms with Crippen LogP contribution in [0, 0.1) is 0 Å². The normalized spacial score (nSPS) is 12.8. The molecule has 0 rings (SSSR count). The van der Waals surface area contributed by atoms with Gasteiger partial charge in [0, 0.05) is 17.4 Å². The van der Waals surface area contributed by atoms with E-state index in [4.69, 9.17) is 0 Å². The summed E-state index contributed by atoms with van der Waals surface area (Å²) in [6.45, 7) is 8.30. The van der Waals surface area contributed by atoms with Gasteiger partial charge in [0.1, 0.15) is 0 Å². The third-order valence-electron chi connectivity index (χ3n) is 1.47. The molecule has 0 aromatic rings. The van der Waals surface area contributed by atoms with Gasteiger partial charge in [-0.3, -0.25) is 4.79 Å². The molecule has 0 saturated carbocycles. The summed E-state index contributed by atoms with van der Waals surface area (Å²) >= 11 is 3.33. The van der Waals surface area contributed by atoms with Gasteiger partial charge in [-0.25, -0.2) is 0 Å². The lowest BCUT2D eigenvalue weighted by molar-refractivity contribution is -0.123. The summed E-state index contributed by atoms with van der Waals surface area (Å²) in [6.07, 6.45) is 5.88. The Morgan fingerprint density at radius 2 is 2.31 bits per heavy atom. The van der Waals surface area contributed by atoms with Gasteiger partial charge in [-0.2, -0.15) is 0 Å². The lowest BCUT2D eigenvalue weighted by Crippen LogP contribution is -2.24. The van der Waals surface area contributed by atoms with E-state index in [0.29, 0.717) is 0 Å². The Kier molecular flexibility index (Phi) is 6.59. The average Bonchev–Trinajstić information content (AvgIpc) is 2.10. The molecule has 0 aliphatic rings. The van der Waals surface area contributed by atoms with Gasteiger partial charge in [-0.1, -0.05) is 35.5 Å². The summed E-state index contributed by atoms with van der Waals surface area (Å²) < 4.78 is 0. The number of nitrogens with zero attached hydrogens (tertiary/aromatic N) is 1. The van der Waals surface area contributed by atoms with E-state index in [0.717, 1.165) is 13.0 Å². The molecule has 0 saturated heterocycles. The van der Waals surface area contributed by atoms with Crippen LogP contribution >= 0.6 is 15.9 Å². The van der Waals surface area contributed by atoms with Crippen LogP contribution in [0.1, 0.15) is 20.3 Å². The van der Waals surface area contributed by atoms with Crippen molar-refractivity contribution in [1.82, 2.24) is 4.90 Å². The van der Waals surface area contributed by atoms with Crippen molar-refractivity contribution in [2.45, 2.75) is 25.1 Å². The van der Waals surface area contributed by atoms with E-state index >= 15 is 0 Å². The van der Waals surface area contributed by atoms with Crippen LogP contribution in [0.4, 0.5) is 0 Å². The van der Waals surface area contributed by atoms with E-state index in [1.165, 1.54) is 0 Å². The minimum atomic E-state index is -0.0110. The van der Waals surface area contributed by atoms with Crippen molar-refractivity contribution in [2.24, 2.45) is 0 Å². The van der Waals surface area contributed by atoms with Crippen molar-refractivity contribution >= 4 is 21.8 Å². The molecule has 0 bridgehead atoms. The number of alkyl halides is 1. The number of halogens is 1. The second-order valence-corrected chi connectivity index (χ2v) is 4.20. The number of carbonyl (C=O) groups excluding carboxylic acids is 1. The zero-order chi connectivity index (χ0) is 10.3. The van der Waals surface area contributed by atoms with Gasteiger partial charge in [-0.05, 0) is 19.5 Å². The third-order valence-corrected chi connectivity index (χ3v) is 1.78. The Labute approximate surface area is 88.4 Å². The SMILES string of the molecule is C=CN(CCC)C(=O)/C=C\C(C)Br. The van der Waals surface area contributed by atoms with Gasteiger partial charge in [0.15, 0.2) is 0 Å². The van der Waals surface area contributed by atoms with E-state index in [2.05, 4.69) is 22.5 Å². The first-order chi connectivity index (χ1) is 6.11. The number of amides is 1. The number of allylic oxidation sites excluding steroid dienone is 1. The smallest absolute Gasteiger partial charge is 0.250 e. The summed E-state index contributed by atoms with van der Waals surface area (Å²) in [7, 11) is 0. The molecule has 0 aliphatic carbocycles. The molecule has 3 heteroatoms. The molecule has 0 aromatic heterocycles. The molecule has 0 heterocycles. The zero-order valence-corrected chi connectivity index (χ0v) is 9.75. The maximum atomic E-state index is 11.4. The Morgan fingerprint density at radius 1 is 1.69 bits per heavy atom. The van der Waals surface area contributed by atoms with E-state index < -0.39 is 0 Å². The summed E-state index contributed by atoms with van der Waals surface area (Å²) in [5.74, 6) is -0.0110. The number of carbonyl (C=O) groups is 1. The molecule has 0 radical (unpaired) electrons. The van der Waals surface area contributed by atoms with E-state index in [1.807, 2.05) is 19.9 Å². The molecular weight excluding hydrogens is 230 g/mol. The molecule has 1 amide bonds. The molecule has 1 atom stereocenters. The summed E-state index contributed by atoms with van der Waals surface area (Å²) in [5.41, 5.74) is 0. The van der Waals surface area contributed by atoms with E-state index in [-0.39, 0.29) is 10.7 Å².